The van der Waals surface area contributed by atoms with E-state index in [-0.39, 0.29) is 0 Å². The minimum absolute atomic E-state index is 0.558. The Labute approximate surface area is 130 Å². The van der Waals surface area contributed by atoms with Gasteiger partial charge < -0.3 is 9.72 Å². The molecular weight excluding hydrogens is 272 g/mol. The average Bonchev–Trinajstić information content (AvgIpc) is 3.03. The molecule has 3 rings (SSSR count). The topological polar surface area (TPSA) is 37.9 Å². The van der Waals surface area contributed by atoms with Crippen molar-refractivity contribution in [3.8, 4) is 29.2 Å². The molecule has 2 aromatic carbocycles. The first-order valence-corrected chi connectivity index (χ1v) is 7.44. The number of ether oxygens (including phenoxy) is 1. The van der Waals surface area contributed by atoms with E-state index in [0.29, 0.717) is 13.0 Å². The summed E-state index contributed by atoms with van der Waals surface area (Å²) in [4.78, 5) is 7.40. The molecule has 0 saturated carbocycles. The zero-order valence-corrected chi connectivity index (χ0v) is 12.6. The number of fused-ring (bicyclic) bond motifs is 1. The summed E-state index contributed by atoms with van der Waals surface area (Å²) in [5.74, 6) is 3.51. The molecule has 1 aromatic heterocycles. The van der Waals surface area contributed by atoms with Crippen LogP contribution in [-0.2, 0) is 6.42 Å². The van der Waals surface area contributed by atoms with Gasteiger partial charge in [-0.15, -0.1) is 12.3 Å². The van der Waals surface area contributed by atoms with Gasteiger partial charge in [-0.05, 0) is 47.4 Å². The summed E-state index contributed by atoms with van der Waals surface area (Å²) in [5.41, 5.74) is 5.57. The fraction of sp³-hybridized carbons (Fsp3) is 0.211. The number of imidazole rings is 1. The number of rotatable bonds is 5. The Morgan fingerprint density at radius 3 is 2.82 bits per heavy atom. The van der Waals surface area contributed by atoms with E-state index in [2.05, 4.69) is 47.1 Å². The van der Waals surface area contributed by atoms with E-state index in [4.69, 9.17) is 11.2 Å². The van der Waals surface area contributed by atoms with E-state index in [9.17, 15) is 0 Å². The Hall–Kier alpha value is -2.73. The van der Waals surface area contributed by atoms with Gasteiger partial charge in [-0.2, -0.15) is 0 Å². The Morgan fingerprint density at radius 1 is 1.18 bits per heavy atom. The molecule has 0 bridgehead atoms. The lowest BCUT2D eigenvalue weighted by molar-refractivity contribution is 0.324. The second kappa shape index (κ2) is 6.36. The molecule has 110 valence electrons. The third kappa shape index (κ3) is 2.82. The number of benzene rings is 2. The number of terminal acetylenes is 1. The highest BCUT2D eigenvalue weighted by atomic mass is 16.5. The van der Waals surface area contributed by atoms with Crippen LogP contribution >= 0.6 is 0 Å². The number of aromatic nitrogens is 2. The van der Waals surface area contributed by atoms with Crippen molar-refractivity contribution >= 4 is 11.0 Å². The minimum Gasteiger partial charge on any atom is -0.492 e. The Morgan fingerprint density at radius 2 is 2.00 bits per heavy atom. The molecule has 0 aliphatic rings. The van der Waals surface area contributed by atoms with Gasteiger partial charge in [0.2, 0.25) is 0 Å². The molecule has 0 radical (unpaired) electrons. The van der Waals surface area contributed by atoms with Crippen LogP contribution in [0.5, 0.6) is 5.75 Å². The second-order valence-electron chi connectivity index (χ2n) is 5.11. The zero-order chi connectivity index (χ0) is 15.4. The van der Waals surface area contributed by atoms with Gasteiger partial charge >= 0.3 is 0 Å². The fourth-order valence-corrected chi connectivity index (χ4v) is 2.51. The minimum atomic E-state index is 0.558. The van der Waals surface area contributed by atoms with Gasteiger partial charge in [-0.25, -0.2) is 4.98 Å². The largest absolute Gasteiger partial charge is 0.492 e. The van der Waals surface area contributed by atoms with Gasteiger partial charge in [0.15, 0.2) is 0 Å². The van der Waals surface area contributed by atoms with Crippen molar-refractivity contribution in [3.05, 3.63) is 48.3 Å². The highest BCUT2D eigenvalue weighted by Gasteiger charge is 2.06. The lowest BCUT2D eigenvalue weighted by atomic mass is 10.0. The van der Waals surface area contributed by atoms with E-state index < -0.39 is 0 Å². The van der Waals surface area contributed by atoms with E-state index in [1.54, 1.807) is 6.33 Å². The number of aromatic amines is 1. The van der Waals surface area contributed by atoms with Crippen LogP contribution in [0.4, 0.5) is 0 Å². The highest BCUT2D eigenvalue weighted by molar-refractivity contribution is 5.81. The van der Waals surface area contributed by atoms with Crippen LogP contribution < -0.4 is 4.74 Å². The van der Waals surface area contributed by atoms with Gasteiger partial charge in [0, 0.05) is 6.42 Å². The smallest absolute Gasteiger partial charge is 0.122 e. The lowest BCUT2D eigenvalue weighted by Gasteiger charge is -2.11. The highest BCUT2D eigenvalue weighted by Crippen LogP contribution is 2.28. The molecule has 3 heteroatoms. The molecule has 0 unspecified atom stereocenters. The normalized spacial score (nSPS) is 10.5. The summed E-state index contributed by atoms with van der Waals surface area (Å²) >= 11 is 0. The summed E-state index contributed by atoms with van der Waals surface area (Å²) in [7, 11) is 0. The summed E-state index contributed by atoms with van der Waals surface area (Å²) in [6.07, 6.45) is 8.53. The van der Waals surface area contributed by atoms with Crippen molar-refractivity contribution in [2.45, 2.75) is 19.8 Å². The fourth-order valence-electron chi connectivity index (χ4n) is 2.51. The van der Waals surface area contributed by atoms with Crippen molar-refractivity contribution in [3.63, 3.8) is 0 Å². The van der Waals surface area contributed by atoms with Crippen molar-refractivity contribution in [2.24, 2.45) is 0 Å². The molecule has 3 aromatic rings. The van der Waals surface area contributed by atoms with Crippen molar-refractivity contribution in [2.75, 3.05) is 6.61 Å². The van der Waals surface area contributed by atoms with Gasteiger partial charge in [0.05, 0.1) is 24.0 Å². The number of H-pyrrole nitrogens is 1. The SMILES string of the molecule is C#CCCOc1ccc(-c2ccc3nc[nH]c3c2)cc1CC. The second-order valence-corrected chi connectivity index (χ2v) is 5.11. The maximum atomic E-state index is 5.76. The summed E-state index contributed by atoms with van der Waals surface area (Å²) < 4.78 is 5.76. The summed E-state index contributed by atoms with van der Waals surface area (Å²) in [6, 6.07) is 12.5. The molecule has 0 amide bonds. The molecule has 0 atom stereocenters. The number of hydrogen-bond donors (Lipinski definition) is 1. The van der Waals surface area contributed by atoms with Crippen LogP contribution in [0.15, 0.2) is 42.7 Å². The van der Waals surface area contributed by atoms with E-state index in [1.807, 2.05) is 12.1 Å². The number of hydrogen-bond acceptors (Lipinski definition) is 2. The number of aryl methyl sites for hydroxylation is 1. The Kier molecular flexibility index (Phi) is 4.11. The molecule has 0 spiro atoms. The molecule has 1 N–H and O–H groups in total. The maximum absolute atomic E-state index is 5.76. The first-order valence-electron chi connectivity index (χ1n) is 7.44. The predicted molar refractivity (Wildman–Crippen MR) is 89.9 cm³/mol. The molecular formula is C19H18N2O. The quantitative estimate of drug-likeness (QED) is 0.565. The number of nitrogens with one attached hydrogen (secondary N) is 1. The molecule has 3 nitrogen and oxygen atoms in total. The van der Waals surface area contributed by atoms with Crippen LogP contribution in [0.25, 0.3) is 22.2 Å². The molecule has 22 heavy (non-hydrogen) atoms. The molecule has 0 fully saturated rings. The third-order valence-electron chi connectivity index (χ3n) is 3.70. The van der Waals surface area contributed by atoms with Crippen LogP contribution in [-0.4, -0.2) is 16.6 Å². The third-order valence-corrected chi connectivity index (χ3v) is 3.70. The van der Waals surface area contributed by atoms with E-state index in [1.165, 1.54) is 16.7 Å². The van der Waals surface area contributed by atoms with Gasteiger partial charge in [-0.3, -0.25) is 0 Å². The standard InChI is InChI=1S/C19H18N2O/c1-3-5-10-22-19-9-7-15(11-14(19)4-2)16-6-8-17-18(12-16)21-13-20-17/h1,6-9,11-13H,4-5,10H2,2H3,(H,20,21). The first kappa shape index (κ1) is 14.2. The molecule has 0 aliphatic carbocycles. The van der Waals surface area contributed by atoms with Crippen LogP contribution in [0.1, 0.15) is 18.9 Å². The average molecular weight is 290 g/mol. The van der Waals surface area contributed by atoms with Crippen molar-refractivity contribution in [1.29, 1.82) is 0 Å². The lowest BCUT2D eigenvalue weighted by Crippen LogP contribution is -1.99. The van der Waals surface area contributed by atoms with Crippen molar-refractivity contribution < 1.29 is 4.74 Å². The Balaban J connectivity index is 1.92. The van der Waals surface area contributed by atoms with Crippen LogP contribution in [0.3, 0.4) is 0 Å². The van der Waals surface area contributed by atoms with E-state index in [0.717, 1.165) is 23.2 Å². The van der Waals surface area contributed by atoms with Crippen LogP contribution in [0.2, 0.25) is 0 Å². The molecule has 1 heterocycles. The first-order chi connectivity index (χ1) is 10.8. The molecule has 0 aliphatic heterocycles. The summed E-state index contributed by atoms with van der Waals surface area (Å²) in [5, 5.41) is 0. The zero-order valence-electron chi connectivity index (χ0n) is 12.6. The maximum Gasteiger partial charge on any atom is 0.122 e. The van der Waals surface area contributed by atoms with Gasteiger partial charge in [0.25, 0.3) is 0 Å². The van der Waals surface area contributed by atoms with Crippen LogP contribution in [0, 0.1) is 12.3 Å². The van der Waals surface area contributed by atoms with Gasteiger partial charge in [-0.1, -0.05) is 19.1 Å². The summed E-state index contributed by atoms with van der Waals surface area (Å²) in [6.45, 7) is 2.69. The van der Waals surface area contributed by atoms with Gasteiger partial charge in [0.1, 0.15) is 5.75 Å². The number of nitrogens with zero attached hydrogens (tertiary/aromatic N) is 1. The Bertz CT molecular complexity index is 827. The van der Waals surface area contributed by atoms with E-state index >= 15 is 0 Å². The monoisotopic (exact) mass is 290 g/mol. The molecule has 0 saturated heterocycles. The predicted octanol–water partition coefficient (Wildman–Crippen LogP) is 4.19. The van der Waals surface area contributed by atoms with Crippen molar-refractivity contribution in [1.82, 2.24) is 9.97 Å².